The summed E-state index contributed by atoms with van der Waals surface area (Å²) >= 11 is 0. The van der Waals surface area contributed by atoms with Crippen LogP contribution in [0.5, 0.6) is 0 Å². The van der Waals surface area contributed by atoms with E-state index < -0.39 is 57.7 Å². The maximum atomic E-state index is 12.6. The van der Waals surface area contributed by atoms with Gasteiger partial charge < -0.3 is 25.2 Å². The molecule has 336 valence electrons. The number of nitrogens with two attached hydrogens (primary N) is 1. The zero-order chi connectivity index (χ0) is 44.2. The molecule has 11 nitrogen and oxygen atoms in total. The van der Waals surface area contributed by atoms with Crippen LogP contribution in [0, 0.1) is 0 Å². The smallest absolute Gasteiger partial charge is 0.472 e. The molecule has 0 amide bonds. The zero-order valence-electron chi connectivity index (χ0n) is 36.2. The van der Waals surface area contributed by atoms with E-state index in [2.05, 4.69) is 128 Å². The third kappa shape index (κ3) is 40.7. The number of ether oxygens (including phenoxy) is 2. The van der Waals surface area contributed by atoms with Gasteiger partial charge in [0.05, 0.1) is 13.2 Å². The topological polar surface area (TPSA) is 172 Å². The lowest BCUT2D eigenvalue weighted by molar-refractivity contribution is -0.161. The fourth-order valence-corrected chi connectivity index (χ4v) is 5.68. The third-order valence-electron chi connectivity index (χ3n) is 8.22. The summed E-state index contributed by atoms with van der Waals surface area (Å²) in [7, 11) is -4.75. The van der Waals surface area contributed by atoms with E-state index in [1.54, 1.807) is 0 Å². The highest BCUT2D eigenvalue weighted by Crippen LogP contribution is 2.43. The van der Waals surface area contributed by atoms with Crippen LogP contribution in [-0.2, 0) is 37.5 Å². The molecule has 0 bridgehead atoms. The highest BCUT2D eigenvalue weighted by Gasteiger charge is 2.28. The van der Waals surface area contributed by atoms with Crippen molar-refractivity contribution < 1.29 is 47.5 Å². The highest BCUT2D eigenvalue weighted by atomic mass is 31.2. The van der Waals surface area contributed by atoms with E-state index in [0.717, 1.165) is 89.9 Å². The summed E-state index contributed by atoms with van der Waals surface area (Å²) in [6, 6.07) is -1.54. The first-order valence-electron chi connectivity index (χ1n) is 21.6. The van der Waals surface area contributed by atoms with Gasteiger partial charge in [0.2, 0.25) is 0 Å². The molecule has 3 atom stereocenters. The van der Waals surface area contributed by atoms with E-state index in [9.17, 15) is 23.8 Å². The molecule has 4 N–H and O–H groups in total. The van der Waals surface area contributed by atoms with E-state index in [-0.39, 0.29) is 12.8 Å². The molecule has 0 radical (unpaired) electrons. The third-order valence-corrected chi connectivity index (χ3v) is 9.17. The molecule has 0 fully saturated rings. The van der Waals surface area contributed by atoms with E-state index in [4.69, 9.17) is 24.8 Å². The molecule has 0 rings (SSSR count). The Morgan fingerprint density at radius 3 is 1.37 bits per heavy atom. The van der Waals surface area contributed by atoms with Crippen molar-refractivity contribution in [2.24, 2.45) is 5.73 Å². The van der Waals surface area contributed by atoms with Crippen molar-refractivity contribution in [3.8, 4) is 0 Å². The first kappa shape index (κ1) is 55.9. The van der Waals surface area contributed by atoms with Crippen molar-refractivity contribution in [1.29, 1.82) is 0 Å². The van der Waals surface area contributed by atoms with Gasteiger partial charge in [0.25, 0.3) is 0 Å². The lowest BCUT2D eigenvalue weighted by Gasteiger charge is -2.20. The minimum Gasteiger partial charge on any atom is -0.480 e. The van der Waals surface area contributed by atoms with E-state index in [1.165, 1.54) is 0 Å². The van der Waals surface area contributed by atoms with Crippen LogP contribution in [0.3, 0.4) is 0 Å². The Labute approximate surface area is 360 Å². The summed E-state index contributed by atoms with van der Waals surface area (Å²) in [5.74, 6) is -2.54. The number of carboxylic acids is 1. The summed E-state index contributed by atoms with van der Waals surface area (Å²) in [4.78, 5) is 45.9. The summed E-state index contributed by atoms with van der Waals surface area (Å²) in [6.45, 7) is 2.44. The SMILES string of the molecule is CC/C=C\C/C=C\C/C=C\C/C=C\C/C=C\C/C=C\CCC(=O)OC[C@H](COP(=O)(O)OC[C@H](N)C(=O)O)OC(=O)CCCCCC/C=C\C/C=C\C/C=C\C/C=C\CC. The molecule has 0 heterocycles. The summed E-state index contributed by atoms with van der Waals surface area (Å²) in [5, 5.41) is 8.89. The predicted molar refractivity (Wildman–Crippen MR) is 244 cm³/mol. The molecule has 1 unspecified atom stereocenters. The monoisotopic (exact) mass is 856 g/mol. The molecule has 0 aliphatic carbocycles. The standard InChI is InChI=1S/C48H74NO10P/c1-3-5-7-9-11-13-15-17-19-21-22-24-25-27-29-31-33-35-37-39-46(50)56-41-44(42-57-60(54,55)58-43-45(49)48(52)53)59-47(51)40-38-36-34-32-30-28-26-23-20-18-16-14-12-10-8-6-4-2/h5-8,11-14,17-20,22,24,26-29,33,35,44-45H,3-4,9-10,15-16,21,23,25,30-32,34,36-43,49H2,1-2H3,(H,52,53)(H,54,55)/b7-5-,8-6-,13-11-,14-12-,19-17-,20-18-,24-22-,28-26-,29-27-,35-33-/t44-,45+/m1/s1. The summed E-state index contributed by atoms with van der Waals surface area (Å²) in [5.41, 5.74) is 5.33. The summed E-state index contributed by atoms with van der Waals surface area (Å²) < 4.78 is 32.6. The van der Waals surface area contributed by atoms with Crippen molar-refractivity contribution in [3.63, 3.8) is 0 Å². The second-order valence-electron chi connectivity index (χ2n) is 13.7. The Hall–Kier alpha value is -4.12. The number of phosphoric acid groups is 1. The van der Waals surface area contributed by atoms with Gasteiger partial charge in [0, 0.05) is 12.8 Å². The van der Waals surface area contributed by atoms with Gasteiger partial charge in [-0.2, -0.15) is 0 Å². The van der Waals surface area contributed by atoms with Gasteiger partial charge in [0.15, 0.2) is 6.10 Å². The van der Waals surface area contributed by atoms with E-state index in [0.29, 0.717) is 12.8 Å². The van der Waals surface area contributed by atoms with Crippen molar-refractivity contribution in [2.75, 3.05) is 19.8 Å². The predicted octanol–water partition coefficient (Wildman–Crippen LogP) is 11.6. The van der Waals surface area contributed by atoms with Crippen molar-refractivity contribution in [3.05, 3.63) is 122 Å². The molecule has 0 saturated heterocycles. The van der Waals surface area contributed by atoms with Gasteiger partial charge >= 0.3 is 25.7 Å². The minimum atomic E-state index is -4.75. The molecule has 12 heteroatoms. The van der Waals surface area contributed by atoms with Crippen LogP contribution >= 0.6 is 7.82 Å². The van der Waals surface area contributed by atoms with Gasteiger partial charge in [-0.25, -0.2) is 4.57 Å². The van der Waals surface area contributed by atoms with Gasteiger partial charge in [-0.15, -0.1) is 0 Å². The number of hydrogen-bond donors (Lipinski definition) is 3. The number of carbonyl (C=O) groups excluding carboxylic acids is 2. The van der Waals surface area contributed by atoms with Crippen molar-refractivity contribution >= 4 is 25.7 Å². The molecular formula is C48H74NO10P. The average molecular weight is 856 g/mol. The van der Waals surface area contributed by atoms with Crippen LogP contribution in [0.4, 0.5) is 0 Å². The molecule has 0 saturated carbocycles. The van der Waals surface area contributed by atoms with Crippen LogP contribution < -0.4 is 5.73 Å². The number of hydrogen-bond acceptors (Lipinski definition) is 9. The maximum absolute atomic E-state index is 12.6. The average Bonchev–Trinajstić information content (AvgIpc) is 3.22. The van der Waals surface area contributed by atoms with Crippen molar-refractivity contribution in [2.45, 2.75) is 142 Å². The van der Waals surface area contributed by atoms with Crippen molar-refractivity contribution in [1.82, 2.24) is 0 Å². The normalized spacial score (nSPS) is 14.9. The van der Waals surface area contributed by atoms with E-state index >= 15 is 0 Å². The van der Waals surface area contributed by atoms with Crippen LogP contribution in [-0.4, -0.2) is 59.9 Å². The largest absolute Gasteiger partial charge is 0.480 e. The van der Waals surface area contributed by atoms with Crippen LogP contribution in [0.1, 0.15) is 129 Å². The fraction of sp³-hybridized carbons (Fsp3) is 0.521. The number of allylic oxidation sites excluding steroid dienone is 20. The molecular weight excluding hydrogens is 781 g/mol. The fourth-order valence-electron chi connectivity index (χ4n) is 4.90. The molecule has 0 aromatic heterocycles. The molecule has 0 spiro atoms. The van der Waals surface area contributed by atoms with Gasteiger partial charge in [-0.3, -0.25) is 23.4 Å². The Kier molecular flexibility index (Phi) is 38.8. The lowest BCUT2D eigenvalue weighted by atomic mass is 10.1. The summed E-state index contributed by atoms with van der Waals surface area (Å²) in [6.07, 6.45) is 55.6. The molecule has 0 aliphatic heterocycles. The Morgan fingerprint density at radius 2 is 0.917 bits per heavy atom. The molecule has 0 aliphatic rings. The number of unbranched alkanes of at least 4 members (excludes halogenated alkanes) is 4. The van der Waals surface area contributed by atoms with Gasteiger partial charge in [0.1, 0.15) is 12.6 Å². The quantitative estimate of drug-likeness (QED) is 0.0233. The number of phosphoric ester groups is 1. The Morgan fingerprint density at radius 1 is 0.517 bits per heavy atom. The number of carbonyl (C=O) groups is 3. The van der Waals surface area contributed by atoms with Gasteiger partial charge in [-0.05, 0) is 89.9 Å². The highest BCUT2D eigenvalue weighted by molar-refractivity contribution is 7.47. The second-order valence-corrected chi connectivity index (χ2v) is 15.2. The minimum absolute atomic E-state index is 0.0826. The molecule has 60 heavy (non-hydrogen) atoms. The Bertz CT molecular complexity index is 1470. The maximum Gasteiger partial charge on any atom is 0.472 e. The molecule has 0 aromatic carbocycles. The lowest BCUT2D eigenvalue weighted by Crippen LogP contribution is -2.34. The van der Waals surface area contributed by atoms with Gasteiger partial charge in [-0.1, -0.05) is 148 Å². The second kappa shape index (κ2) is 41.6. The van der Waals surface area contributed by atoms with E-state index in [1.807, 2.05) is 12.2 Å². The van der Waals surface area contributed by atoms with Crippen LogP contribution in [0.2, 0.25) is 0 Å². The first-order valence-corrected chi connectivity index (χ1v) is 23.1. The number of esters is 2. The van der Waals surface area contributed by atoms with Crippen LogP contribution in [0.25, 0.3) is 0 Å². The number of aliphatic carboxylic acids is 1. The van der Waals surface area contributed by atoms with Crippen LogP contribution in [0.15, 0.2) is 122 Å². The first-order chi connectivity index (χ1) is 29.1. The number of rotatable bonds is 38. The Balaban J connectivity index is 4.56. The number of carboxylic acid groups (broad SMARTS) is 1. The molecule has 0 aromatic rings. The zero-order valence-corrected chi connectivity index (χ0v) is 37.1.